The third kappa shape index (κ3) is 6.95. The molecule has 0 fully saturated rings. The maximum absolute atomic E-state index is 13.7. The van der Waals surface area contributed by atoms with Crippen LogP contribution in [0.4, 0.5) is 8.78 Å². The molecule has 0 saturated carbocycles. The molecule has 7 heteroatoms. The Kier molecular flexibility index (Phi) is 8.50. The molecule has 0 saturated heterocycles. The average Bonchev–Trinajstić information content (AvgIpc) is 3.19. The van der Waals surface area contributed by atoms with E-state index in [2.05, 4.69) is 29.7 Å². The van der Waals surface area contributed by atoms with Gasteiger partial charge < -0.3 is 15.7 Å². The Morgan fingerprint density at radius 3 is 2.41 bits per heavy atom. The molecule has 0 radical (unpaired) electrons. The molecule has 170 valence electrons. The maximum Gasteiger partial charge on any atom is 0.261 e. The number of carbonyl (C=O) groups excluding carboxylic acids is 1. The van der Waals surface area contributed by atoms with Crippen LogP contribution in [0.1, 0.15) is 38.2 Å². The van der Waals surface area contributed by atoms with Crippen molar-refractivity contribution < 1.29 is 18.7 Å². The van der Waals surface area contributed by atoms with E-state index in [0.29, 0.717) is 17.0 Å². The largest absolute Gasteiger partial charge is 0.390 e. The molecule has 1 heterocycles. The fourth-order valence-corrected chi connectivity index (χ4v) is 4.30. The van der Waals surface area contributed by atoms with E-state index in [0.717, 1.165) is 22.9 Å². The summed E-state index contributed by atoms with van der Waals surface area (Å²) in [6, 6.07) is 14.2. The second kappa shape index (κ2) is 11.3. The number of aliphatic hydroxyl groups is 1. The molecule has 3 N–H and O–H groups in total. The van der Waals surface area contributed by atoms with E-state index in [-0.39, 0.29) is 18.9 Å². The van der Waals surface area contributed by atoms with Crippen molar-refractivity contribution >= 4 is 17.2 Å². The number of carbonyl (C=O) groups is 1. The summed E-state index contributed by atoms with van der Waals surface area (Å²) < 4.78 is 27.3. The van der Waals surface area contributed by atoms with Gasteiger partial charge in [0.15, 0.2) is 0 Å². The molecule has 1 amide bonds. The Bertz CT molecular complexity index is 1030. The molecule has 0 aliphatic heterocycles. The van der Waals surface area contributed by atoms with Crippen LogP contribution in [0, 0.1) is 18.6 Å². The summed E-state index contributed by atoms with van der Waals surface area (Å²) in [5, 5.41) is 16.9. The Morgan fingerprint density at radius 1 is 1.03 bits per heavy atom. The summed E-state index contributed by atoms with van der Waals surface area (Å²) in [6.07, 6.45) is 0.0799. The Hall–Kier alpha value is -2.61. The monoisotopic (exact) mass is 458 g/mol. The van der Waals surface area contributed by atoms with Crippen LogP contribution in [0.5, 0.6) is 0 Å². The number of hydrogen-bond donors (Lipinski definition) is 3. The standard InChI is InChI=1S/C25H28F2N2O2S/c1-3-17-5-4-6-18(9-17)14-28-15-23(30)22(12-19-10-20(26)13-21(27)11-19)29-25(31)24-8-7-16(2)32-24/h4-11,13,22-23,28,30H,3,12,14-15H2,1-2H3,(H,29,31)/t22-,23+/m0/s1. The van der Waals surface area contributed by atoms with Crippen LogP contribution in [0.15, 0.2) is 54.6 Å². The van der Waals surface area contributed by atoms with Crippen molar-refractivity contribution in [2.75, 3.05) is 6.54 Å². The van der Waals surface area contributed by atoms with Crippen LogP contribution >= 0.6 is 11.3 Å². The lowest BCUT2D eigenvalue weighted by Gasteiger charge is -2.25. The minimum Gasteiger partial charge on any atom is -0.390 e. The quantitative estimate of drug-likeness (QED) is 0.422. The topological polar surface area (TPSA) is 61.4 Å². The lowest BCUT2D eigenvalue weighted by molar-refractivity contribution is 0.0833. The smallest absolute Gasteiger partial charge is 0.261 e. The van der Waals surface area contributed by atoms with Crippen molar-refractivity contribution in [3.05, 3.63) is 92.7 Å². The highest BCUT2D eigenvalue weighted by molar-refractivity contribution is 7.13. The molecule has 2 aromatic carbocycles. The van der Waals surface area contributed by atoms with Gasteiger partial charge in [0.05, 0.1) is 17.0 Å². The molecule has 3 rings (SSSR count). The molecule has 4 nitrogen and oxygen atoms in total. The maximum atomic E-state index is 13.7. The van der Waals surface area contributed by atoms with Crippen LogP contribution in [0.3, 0.4) is 0 Å². The first-order valence-electron chi connectivity index (χ1n) is 10.6. The lowest BCUT2D eigenvalue weighted by Crippen LogP contribution is -2.48. The predicted molar refractivity (Wildman–Crippen MR) is 124 cm³/mol. The molecule has 0 unspecified atom stereocenters. The molecular weight excluding hydrogens is 430 g/mol. The van der Waals surface area contributed by atoms with Crippen LogP contribution in [-0.2, 0) is 19.4 Å². The number of aliphatic hydroxyl groups excluding tert-OH is 1. The highest BCUT2D eigenvalue weighted by Crippen LogP contribution is 2.17. The molecule has 0 aliphatic carbocycles. The van der Waals surface area contributed by atoms with Gasteiger partial charge in [-0.1, -0.05) is 31.2 Å². The number of nitrogens with one attached hydrogen (secondary N) is 2. The van der Waals surface area contributed by atoms with Crippen molar-refractivity contribution in [1.29, 1.82) is 0 Å². The summed E-state index contributed by atoms with van der Waals surface area (Å²) in [5.41, 5.74) is 2.69. The first-order valence-corrected chi connectivity index (χ1v) is 11.4. The Morgan fingerprint density at radius 2 is 1.75 bits per heavy atom. The second-order valence-electron chi connectivity index (χ2n) is 7.84. The fourth-order valence-electron chi connectivity index (χ4n) is 3.53. The average molecular weight is 459 g/mol. The van der Waals surface area contributed by atoms with E-state index in [4.69, 9.17) is 0 Å². The number of amides is 1. The van der Waals surface area contributed by atoms with Crippen molar-refractivity contribution in [3.63, 3.8) is 0 Å². The molecule has 2 atom stereocenters. The van der Waals surface area contributed by atoms with Crippen LogP contribution in [0.25, 0.3) is 0 Å². The Labute approximate surface area is 191 Å². The van der Waals surface area contributed by atoms with Gasteiger partial charge in [-0.15, -0.1) is 11.3 Å². The zero-order chi connectivity index (χ0) is 23.1. The first kappa shape index (κ1) is 24.0. The summed E-state index contributed by atoms with van der Waals surface area (Å²) in [6.45, 7) is 4.77. The lowest BCUT2D eigenvalue weighted by atomic mass is 10.0. The minimum atomic E-state index is -0.958. The second-order valence-corrected chi connectivity index (χ2v) is 9.13. The van der Waals surface area contributed by atoms with Gasteiger partial charge in [-0.25, -0.2) is 8.78 Å². The highest BCUT2D eigenvalue weighted by Gasteiger charge is 2.23. The van der Waals surface area contributed by atoms with E-state index in [9.17, 15) is 18.7 Å². The van der Waals surface area contributed by atoms with Gasteiger partial charge >= 0.3 is 0 Å². The number of benzene rings is 2. The van der Waals surface area contributed by atoms with Crippen molar-refractivity contribution in [3.8, 4) is 0 Å². The summed E-state index contributed by atoms with van der Waals surface area (Å²) in [4.78, 5) is 14.2. The molecule has 1 aromatic heterocycles. The fraction of sp³-hybridized carbons (Fsp3) is 0.320. The highest BCUT2D eigenvalue weighted by atomic mass is 32.1. The van der Waals surface area contributed by atoms with Crippen molar-refractivity contribution in [2.24, 2.45) is 0 Å². The zero-order valence-electron chi connectivity index (χ0n) is 18.2. The third-order valence-corrected chi connectivity index (χ3v) is 6.20. The van der Waals surface area contributed by atoms with Crippen LogP contribution < -0.4 is 10.6 Å². The number of aryl methyl sites for hydroxylation is 2. The van der Waals surface area contributed by atoms with E-state index >= 15 is 0 Å². The molecule has 3 aromatic rings. The van der Waals surface area contributed by atoms with Gasteiger partial charge in [-0.05, 0) is 60.7 Å². The number of hydrogen-bond acceptors (Lipinski definition) is 4. The van der Waals surface area contributed by atoms with Gasteiger partial charge in [-0.3, -0.25) is 4.79 Å². The molecule has 0 spiro atoms. The number of rotatable bonds is 10. The van der Waals surface area contributed by atoms with Gasteiger partial charge in [0.2, 0.25) is 0 Å². The van der Waals surface area contributed by atoms with Gasteiger partial charge in [0.1, 0.15) is 11.6 Å². The molecular formula is C25H28F2N2O2S. The van der Waals surface area contributed by atoms with E-state index < -0.39 is 23.8 Å². The minimum absolute atomic E-state index is 0.0962. The normalized spacial score (nSPS) is 13.0. The first-order chi connectivity index (χ1) is 15.3. The third-order valence-electron chi connectivity index (χ3n) is 5.21. The van der Waals surface area contributed by atoms with Crippen molar-refractivity contribution in [2.45, 2.75) is 45.4 Å². The summed E-state index contributed by atoms with van der Waals surface area (Å²) in [7, 11) is 0. The van der Waals surface area contributed by atoms with E-state index in [1.807, 2.05) is 25.1 Å². The molecule has 0 aliphatic rings. The van der Waals surface area contributed by atoms with Gasteiger partial charge in [0.25, 0.3) is 5.91 Å². The van der Waals surface area contributed by atoms with Crippen LogP contribution in [-0.4, -0.2) is 29.7 Å². The van der Waals surface area contributed by atoms with Crippen LogP contribution in [0.2, 0.25) is 0 Å². The van der Waals surface area contributed by atoms with Gasteiger partial charge in [0, 0.05) is 24.0 Å². The predicted octanol–water partition coefficient (Wildman–Crippen LogP) is 4.39. The SMILES string of the molecule is CCc1cccc(CNC[C@@H](O)[C@H](Cc2cc(F)cc(F)c2)NC(=O)c2ccc(C)s2)c1. The number of halogens is 2. The Balaban J connectivity index is 1.68. The van der Waals surface area contributed by atoms with E-state index in [1.54, 1.807) is 6.07 Å². The van der Waals surface area contributed by atoms with Gasteiger partial charge in [-0.2, -0.15) is 0 Å². The molecule has 32 heavy (non-hydrogen) atoms. The summed E-state index contributed by atoms with van der Waals surface area (Å²) in [5.74, 6) is -1.70. The number of thiophene rings is 1. The molecule has 0 bridgehead atoms. The zero-order valence-corrected chi connectivity index (χ0v) is 19.0. The van der Waals surface area contributed by atoms with Crippen molar-refractivity contribution in [1.82, 2.24) is 10.6 Å². The summed E-state index contributed by atoms with van der Waals surface area (Å²) >= 11 is 1.35. The van der Waals surface area contributed by atoms with E-state index in [1.165, 1.54) is 29.0 Å².